The first-order chi connectivity index (χ1) is 12.1. The van der Waals surface area contributed by atoms with E-state index >= 15 is 0 Å². The van der Waals surface area contributed by atoms with Crippen LogP contribution >= 0.6 is 11.3 Å². The fourth-order valence-corrected chi connectivity index (χ4v) is 3.20. The average molecular weight is 389 g/mol. The molecular formula is C14H8F5N5OS. The van der Waals surface area contributed by atoms with Crippen LogP contribution in [0, 0.1) is 11.6 Å². The summed E-state index contributed by atoms with van der Waals surface area (Å²) in [6.45, 7) is 0. The van der Waals surface area contributed by atoms with Crippen molar-refractivity contribution in [2.24, 2.45) is 12.8 Å². The second-order valence-electron chi connectivity index (χ2n) is 5.08. The van der Waals surface area contributed by atoms with Crippen molar-refractivity contribution >= 4 is 17.2 Å². The van der Waals surface area contributed by atoms with Crippen LogP contribution in [-0.2, 0) is 13.2 Å². The quantitative estimate of drug-likeness (QED) is 0.698. The number of primary amides is 1. The number of carbonyl (C=O) groups is 1. The molecule has 0 spiro atoms. The number of nitrogens with two attached hydrogens (primary N) is 1. The van der Waals surface area contributed by atoms with E-state index in [9.17, 15) is 26.7 Å². The van der Waals surface area contributed by atoms with Crippen LogP contribution in [-0.4, -0.2) is 25.7 Å². The van der Waals surface area contributed by atoms with E-state index in [1.54, 1.807) is 0 Å². The lowest BCUT2D eigenvalue weighted by Gasteiger charge is -2.05. The Hall–Kier alpha value is -2.89. The highest BCUT2D eigenvalue weighted by atomic mass is 32.1. The molecule has 12 heteroatoms. The summed E-state index contributed by atoms with van der Waals surface area (Å²) >= 11 is 0.604. The minimum atomic E-state index is -4.72. The van der Waals surface area contributed by atoms with E-state index in [4.69, 9.17) is 5.73 Å². The Labute approximate surface area is 146 Å². The van der Waals surface area contributed by atoms with Gasteiger partial charge in [0, 0.05) is 7.05 Å². The van der Waals surface area contributed by atoms with Gasteiger partial charge in [-0.15, -0.1) is 11.3 Å². The molecule has 6 nitrogen and oxygen atoms in total. The van der Waals surface area contributed by atoms with Crippen LogP contribution in [0.25, 0.3) is 21.8 Å². The third kappa shape index (κ3) is 3.03. The normalized spacial score (nSPS) is 11.8. The largest absolute Gasteiger partial charge is 0.435 e. The molecule has 3 aromatic heterocycles. The Bertz CT molecular complexity index is 990. The van der Waals surface area contributed by atoms with Crippen molar-refractivity contribution in [2.45, 2.75) is 6.18 Å². The molecule has 26 heavy (non-hydrogen) atoms. The third-order valence-corrected chi connectivity index (χ3v) is 4.42. The molecule has 2 N–H and O–H groups in total. The molecule has 136 valence electrons. The molecule has 0 aliphatic heterocycles. The fraction of sp³-hybridized carbons (Fsp3) is 0.143. The van der Waals surface area contributed by atoms with E-state index in [2.05, 4.69) is 15.1 Å². The number of rotatable bonds is 3. The van der Waals surface area contributed by atoms with Gasteiger partial charge in [0.2, 0.25) is 0 Å². The molecule has 0 fully saturated rings. The number of alkyl halides is 3. The Morgan fingerprint density at radius 3 is 2.35 bits per heavy atom. The van der Waals surface area contributed by atoms with Crippen molar-refractivity contribution in [1.82, 2.24) is 19.7 Å². The first-order valence-electron chi connectivity index (χ1n) is 6.81. The lowest BCUT2D eigenvalue weighted by atomic mass is 10.1. The van der Waals surface area contributed by atoms with Gasteiger partial charge in [-0.05, 0) is 6.07 Å². The van der Waals surface area contributed by atoms with E-state index in [0.29, 0.717) is 17.4 Å². The monoisotopic (exact) mass is 389 g/mol. The van der Waals surface area contributed by atoms with E-state index in [1.165, 1.54) is 7.05 Å². The van der Waals surface area contributed by atoms with Gasteiger partial charge in [0.25, 0.3) is 5.91 Å². The number of halogens is 5. The van der Waals surface area contributed by atoms with Crippen LogP contribution in [0.1, 0.15) is 15.5 Å². The van der Waals surface area contributed by atoms with Crippen LogP contribution in [0.3, 0.4) is 0 Å². The van der Waals surface area contributed by atoms with Crippen molar-refractivity contribution in [3.05, 3.63) is 40.8 Å². The minimum absolute atomic E-state index is 0.0895. The number of nitrogens with zero attached hydrogens (tertiary/aromatic N) is 4. The zero-order chi connectivity index (χ0) is 19.2. The lowest BCUT2D eigenvalue weighted by Crippen LogP contribution is -2.10. The predicted octanol–water partition coefficient (Wildman–Crippen LogP) is 3.00. The SMILES string of the molecule is Cn1nc(C(F)(F)F)cc1-c1sc(C(N)=O)nc1-c1c(F)cncc1F. The molecule has 3 rings (SSSR count). The van der Waals surface area contributed by atoms with Crippen LogP contribution in [0.2, 0.25) is 0 Å². The molecule has 3 heterocycles. The maximum atomic E-state index is 14.1. The molecule has 0 aliphatic carbocycles. The Morgan fingerprint density at radius 1 is 1.23 bits per heavy atom. The summed E-state index contributed by atoms with van der Waals surface area (Å²) in [6, 6.07) is 0.693. The first-order valence-corrected chi connectivity index (χ1v) is 7.63. The lowest BCUT2D eigenvalue weighted by molar-refractivity contribution is -0.141. The Morgan fingerprint density at radius 2 is 1.85 bits per heavy atom. The average Bonchev–Trinajstić information content (AvgIpc) is 3.10. The number of aryl methyl sites for hydroxylation is 1. The highest BCUT2D eigenvalue weighted by molar-refractivity contribution is 7.17. The molecule has 0 saturated heterocycles. The van der Waals surface area contributed by atoms with Crippen molar-refractivity contribution in [3.8, 4) is 21.8 Å². The molecule has 1 amide bonds. The van der Waals surface area contributed by atoms with Crippen molar-refractivity contribution in [2.75, 3.05) is 0 Å². The van der Waals surface area contributed by atoms with Crippen LogP contribution in [0.15, 0.2) is 18.5 Å². The third-order valence-electron chi connectivity index (χ3n) is 3.33. The number of carbonyl (C=O) groups excluding carboxylic acids is 1. The number of amides is 1. The Balaban J connectivity index is 2.29. The van der Waals surface area contributed by atoms with E-state index in [1.807, 2.05) is 0 Å². The second-order valence-corrected chi connectivity index (χ2v) is 6.07. The number of pyridine rings is 1. The predicted molar refractivity (Wildman–Crippen MR) is 81.0 cm³/mol. The van der Waals surface area contributed by atoms with Gasteiger partial charge < -0.3 is 5.73 Å². The van der Waals surface area contributed by atoms with E-state index in [-0.39, 0.29) is 21.3 Å². The van der Waals surface area contributed by atoms with Gasteiger partial charge >= 0.3 is 6.18 Å². The first kappa shape index (κ1) is 17.9. The van der Waals surface area contributed by atoms with Crippen molar-refractivity contribution < 1.29 is 26.7 Å². The number of aromatic nitrogens is 4. The summed E-state index contributed by atoms with van der Waals surface area (Å²) in [7, 11) is 1.22. The summed E-state index contributed by atoms with van der Waals surface area (Å²) in [5.41, 5.74) is 2.82. The van der Waals surface area contributed by atoms with Crippen LogP contribution < -0.4 is 5.73 Å². The molecular weight excluding hydrogens is 381 g/mol. The zero-order valence-electron chi connectivity index (χ0n) is 12.8. The van der Waals surface area contributed by atoms with E-state index < -0.39 is 35.0 Å². The molecule has 0 saturated carbocycles. The molecule has 0 unspecified atom stereocenters. The van der Waals surface area contributed by atoms with Gasteiger partial charge in [0.05, 0.1) is 34.2 Å². The Kier molecular flexibility index (Phi) is 4.22. The van der Waals surface area contributed by atoms with E-state index in [0.717, 1.165) is 17.1 Å². The highest BCUT2D eigenvalue weighted by Gasteiger charge is 2.35. The van der Waals surface area contributed by atoms with Crippen molar-refractivity contribution in [1.29, 1.82) is 0 Å². The molecule has 3 aromatic rings. The van der Waals surface area contributed by atoms with Gasteiger partial charge in [-0.25, -0.2) is 13.8 Å². The topological polar surface area (TPSA) is 86.7 Å². The minimum Gasteiger partial charge on any atom is -0.364 e. The maximum absolute atomic E-state index is 14.1. The molecule has 0 bridgehead atoms. The zero-order valence-corrected chi connectivity index (χ0v) is 13.6. The van der Waals surface area contributed by atoms with Gasteiger partial charge in [0.1, 0.15) is 0 Å². The van der Waals surface area contributed by atoms with Crippen LogP contribution in [0.4, 0.5) is 22.0 Å². The standard InChI is InChI=1S/C14H8F5N5OS/c1-24-7(2-8(23-24)14(17,18)19)11-10(22-13(26-11)12(20)25)9-5(15)3-21-4-6(9)16/h2-4H,1H3,(H2,20,25). The summed E-state index contributed by atoms with van der Waals surface area (Å²) in [6.07, 6.45) is -3.29. The molecule has 0 atom stereocenters. The maximum Gasteiger partial charge on any atom is 0.435 e. The van der Waals surface area contributed by atoms with Gasteiger partial charge in [0.15, 0.2) is 22.3 Å². The summed E-state index contributed by atoms with van der Waals surface area (Å²) in [4.78, 5) is 18.5. The second kappa shape index (κ2) is 6.12. The summed E-state index contributed by atoms with van der Waals surface area (Å²) in [5.74, 6) is -3.17. The highest BCUT2D eigenvalue weighted by Crippen LogP contribution is 2.40. The number of hydrogen-bond acceptors (Lipinski definition) is 5. The van der Waals surface area contributed by atoms with Gasteiger partial charge in [-0.3, -0.25) is 14.5 Å². The van der Waals surface area contributed by atoms with Gasteiger partial charge in [-0.2, -0.15) is 18.3 Å². The summed E-state index contributed by atoms with van der Waals surface area (Å²) < 4.78 is 67.7. The number of thiazole rings is 1. The molecule has 0 aliphatic rings. The molecule has 0 radical (unpaired) electrons. The smallest absolute Gasteiger partial charge is 0.364 e. The summed E-state index contributed by atoms with van der Waals surface area (Å²) in [5, 5.41) is 3.03. The number of hydrogen-bond donors (Lipinski definition) is 1. The van der Waals surface area contributed by atoms with Crippen molar-refractivity contribution in [3.63, 3.8) is 0 Å². The van der Waals surface area contributed by atoms with Gasteiger partial charge in [-0.1, -0.05) is 0 Å². The fourth-order valence-electron chi connectivity index (χ4n) is 2.22. The molecule has 0 aromatic carbocycles. The van der Waals surface area contributed by atoms with Crippen LogP contribution in [0.5, 0.6) is 0 Å².